The van der Waals surface area contributed by atoms with Gasteiger partial charge in [0.1, 0.15) is 0 Å². The molecule has 0 aromatic carbocycles. The van der Waals surface area contributed by atoms with Gasteiger partial charge in [-0.05, 0) is 19.3 Å². The molecule has 1 N–H and O–H groups in total. The second-order valence-electron chi connectivity index (χ2n) is 3.48. The molecule has 0 unspecified atom stereocenters. The lowest BCUT2D eigenvalue weighted by Gasteiger charge is -2.40. The number of rotatable bonds is 5. The summed E-state index contributed by atoms with van der Waals surface area (Å²) in [7, 11) is -1.86. The molecule has 1 aliphatic carbocycles. The molecule has 1 saturated carbocycles. The monoisotopic (exact) mass is 218 g/mol. The Morgan fingerprint density at radius 1 is 1.57 bits per heavy atom. The fourth-order valence-corrected chi connectivity index (χ4v) is 2.16. The SMILES string of the molecule is COC1(CNS(=O)(=O)CC#N)CCC1. The van der Waals surface area contributed by atoms with Crippen LogP contribution in [0.4, 0.5) is 0 Å². The molecule has 0 aliphatic heterocycles. The van der Waals surface area contributed by atoms with Gasteiger partial charge in [0.2, 0.25) is 10.0 Å². The number of hydrogen-bond acceptors (Lipinski definition) is 4. The van der Waals surface area contributed by atoms with Gasteiger partial charge in [0.15, 0.2) is 5.75 Å². The van der Waals surface area contributed by atoms with Crippen LogP contribution in [0, 0.1) is 11.3 Å². The minimum atomic E-state index is -3.44. The van der Waals surface area contributed by atoms with Crippen LogP contribution in [0.3, 0.4) is 0 Å². The highest BCUT2D eigenvalue weighted by Gasteiger charge is 2.37. The van der Waals surface area contributed by atoms with Crippen LogP contribution in [0.25, 0.3) is 0 Å². The lowest BCUT2D eigenvalue weighted by molar-refractivity contribution is -0.0659. The van der Waals surface area contributed by atoms with Gasteiger partial charge < -0.3 is 4.74 Å². The van der Waals surface area contributed by atoms with Gasteiger partial charge in [-0.1, -0.05) is 0 Å². The molecular formula is C8H14N2O3S. The zero-order chi connectivity index (χ0) is 10.7. The summed E-state index contributed by atoms with van der Waals surface area (Å²) >= 11 is 0. The molecule has 0 atom stereocenters. The fourth-order valence-electron chi connectivity index (χ4n) is 1.40. The Morgan fingerprint density at radius 3 is 2.57 bits per heavy atom. The predicted octanol–water partition coefficient (Wildman–Crippen LogP) is -0.00152. The van der Waals surface area contributed by atoms with Crippen molar-refractivity contribution in [2.24, 2.45) is 0 Å². The maximum absolute atomic E-state index is 11.1. The van der Waals surface area contributed by atoms with Crippen LogP contribution in [0.5, 0.6) is 0 Å². The fraction of sp³-hybridized carbons (Fsp3) is 0.875. The Bertz CT molecular complexity index is 321. The zero-order valence-corrected chi connectivity index (χ0v) is 8.93. The first-order valence-corrected chi connectivity index (χ1v) is 6.08. The summed E-state index contributed by atoms with van der Waals surface area (Å²) in [4.78, 5) is 0. The second-order valence-corrected chi connectivity index (χ2v) is 5.29. The number of nitrogens with one attached hydrogen (secondary N) is 1. The molecule has 5 nitrogen and oxygen atoms in total. The van der Waals surface area contributed by atoms with Crippen LogP contribution in [0.15, 0.2) is 0 Å². The molecule has 0 bridgehead atoms. The van der Waals surface area contributed by atoms with Gasteiger partial charge in [-0.15, -0.1) is 0 Å². The van der Waals surface area contributed by atoms with Gasteiger partial charge in [-0.3, -0.25) is 0 Å². The van der Waals surface area contributed by atoms with Gasteiger partial charge in [-0.2, -0.15) is 5.26 Å². The van der Waals surface area contributed by atoms with Crippen LogP contribution in [-0.2, 0) is 14.8 Å². The first kappa shape index (κ1) is 11.4. The molecule has 1 aliphatic rings. The first-order valence-electron chi connectivity index (χ1n) is 4.43. The van der Waals surface area contributed by atoms with E-state index in [1.807, 2.05) is 0 Å². The third-order valence-electron chi connectivity index (χ3n) is 2.57. The maximum Gasteiger partial charge on any atom is 0.225 e. The Balaban J connectivity index is 2.44. The summed E-state index contributed by atoms with van der Waals surface area (Å²) in [6, 6.07) is 1.61. The van der Waals surface area contributed by atoms with Crippen molar-refractivity contribution >= 4 is 10.0 Å². The van der Waals surface area contributed by atoms with E-state index in [1.54, 1.807) is 13.2 Å². The standard InChI is InChI=1S/C8H14N2O3S/c1-13-8(3-2-4-8)7-10-14(11,12)6-5-9/h10H,2-4,6-7H2,1H3. The van der Waals surface area contributed by atoms with Crippen LogP contribution < -0.4 is 4.72 Å². The highest BCUT2D eigenvalue weighted by molar-refractivity contribution is 7.89. The third kappa shape index (κ3) is 2.67. The number of sulfonamides is 1. The maximum atomic E-state index is 11.1. The lowest BCUT2D eigenvalue weighted by atomic mass is 9.80. The normalized spacial score (nSPS) is 19.7. The van der Waals surface area contributed by atoms with Crippen molar-refractivity contribution in [3.8, 4) is 6.07 Å². The van der Waals surface area contributed by atoms with E-state index in [-0.39, 0.29) is 12.1 Å². The van der Waals surface area contributed by atoms with Crippen molar-refractivity contribution in [3.05, 3.63) is 0 Å². The molecule has 0 aromatic heterocycles. The molecule has 0 amide bonds. The number of nitrogens with zero attached hydrogens (tertiary/aromatic N) is 1. The number of nitriles is 1. The van der Waals surface area contributed by atoms with Crippen molar-refractivity contribution in [3.63, 3.8) is 0 Å². The van der Waals surface area contributed by atoms with Crippen molar-refractivity contribution in [1.29, 1.82) is 5.26 Å². The average Bonchev–Trinajstić information content (AvgIpc) is 2.03. The molecule has 0 spiro atoms. The van der Waals surface area contributed by atoms with Crippen molar-refractivity contribution in [2.45, 2.75) is 24.9 Å². The van der Waals surface area contributed by atoms with E-state index in [4.69, 9.17) is 10.00 Å². The van der Waals surface area contributed by atoms with E-state index < -0.39 is 15.8 Å². The summed E-state index contributed by atoms with van der Waals surface area (Å²) in [6.45, 7) is 0.271. The zero-order valence-electron chi connectivity index (χ0n) is 8.12. The highest BCUT2D eigenvalue weighted by atomic mass is 32.2. The summed E-state index contributed by atoms with van der Waals surface area (Å²) < 4.78 is 29.9. The minimum Gasteiger partial charge on any atom is -0.377 e. The van der Waals surface area contributed by atoms with Crippen LogP contribution in [0.2, 0.25) is 0 Å². The van der Waals surface area contributed by atoms with Crippen LogP contribution in [0.1, 0.15) is 19.3 Å². The average molecular weight is 218 g/mol. The molecule has 0 aromatic rings. The predicted molar refractivity (Wildman–Crippen MR) is 51.0 cm³/mol. The minimum absolute atomic E-state index is 0.271. The van der Waals surface area contributed by atoms with E-state index in [9.17, 15) is 8.42 Å². The van der Waals surface area contributed by atoms with Gasteiger partial charge in [0.25, 0.3) is 0 Å². The molecular weight excluding hydrogens is 204 g/mol. The van der Waals surface area contributed by atoms with Crippen molar-refractivity contribution in [2.75, 3.05) is 19.4 Å². The van der Waals surface area contributed by atoms with Gasteiger partial charge >= 0.3 is 0 Å². The molecule has 0 radical (unpaired) electrons. The topological polar surface area (TPSA) is 79.2 Å². The number of ether oxygens (including phenoxy) is 1. The Kier molecular flexibility index (Phi) is 3.48. The smallest absolute Gasteiger partial charge is 0.225 e. The molecule has 0 heterocycles. The quantitative estimate of drug-likeness (QED) is 0.704. The van der Waals surface area contributed by atoms with Gasteiger partial charge in [0, 0.05) is 13.7 Å². The third-order valence-corrected chi connectivity index (χ3v) is 3.66. The Hall–Kier alpha value is -0.640. The summed E-state index contributed by atoms with van der Waals surface area (Å²) in [5.41, 5.74) is -0.331. The van der Waals surface area contributed by atoms with Crippen molar-refractivity contribution < 1.29 is 13.2 Å². The Morgan fingerprint density at radius 2 is 2.21 bits per heavy atom. The number of methoxy groups -OCH3 is 1. The molecule has 0 saturated heterocycles. The molecule has 1 fully saturated rings. The molecule has 80 valence electrons. The highest BCUT2D eigenvalue weighted by Crippen LogP contribution is 2.34. The summed E-state index contributed by atoms with van der Waals surface area (Å²) in [5, 5.41) is 8.26. The Labute approximate surface area is 84.1 Å². The number of hydrogen-bond donors (Lipinski definition) is 1. The molecule has 1 rings (SSSR count). The molecule has 6 heteroatoms. The van der Waals surface area contributed by atoms with Crippen molar-refractivity contribution in [1.82, 2.24) is 4.72 Å². The van der Waals surface area contributed by atoms with E-state index in [0.29, 0.717) is 0 Å². The van der Waals surface area contributed by atoms with Crippen LogP contribution in [-0.4, -0.2) is 33.4 Å². The summed E-state index contributed by atoms with van der Waals surface area (Å²) in [6.07, 6.45) is 2.81. The lowest BCUT2D eigenvalue weighted by Crippen LogP contribution is -2.49. The summed E-state index contributed by atoms with van der Waals surface area (Å²) in [5.74, 6) is -0.493. The molecule has 14 heavy (non-hydrogen) atoms. The van der Waals surface area contributed by atoms with Gasteiger partial charge in [-0.25, -0.2) is 13.1 Å². The van der Waals surface area contributed by atoms with E-state index in [1.165, 1.54) is 0 Å². The van der Waals surface area contributed by atoms with E-state index >= 15 is 0 Å². The van der Waals surface area contributed by atoms with Crippen LogP contribution >= 0.6 is 0 Å². The van der Waals surface area contributed by atoms with Gasteiger partial charge in [0.05, 0.1) is 11.7 Å². The first-order chi connectivity index (χ1) is 6.54. The van der Waals surface area contributed by atoms with E-state index in [2.05, 4.69) is 4.72 Å². The van der Waals surface area contributed by atoms with E-state index in [0.717, 1.165) is 19.3 Å². The second kappa shape index (κ2) is 4.26. The largest absolute Gasteiger partial charge is 0.377 e.